The summed E-state index contributed by atoms with van der Waals surface area (Å²) in [6.07, 6.45) is 8.31. The summed E-state index contributed by atoms with van der Waals surface area (Å²) in [7, 11) is 0. The molecule has 0 spiro atoms. The second kappa shape index (κ2) is 3.85. The van der Waals surface area contributed by atoms with Crippen molar-refractivity contribution in [3.63, 3.8) is 0 Å². The Kier molecular flexibility index (Phi) is 2.60. The van der Waals surface area contributed by atoms with Gasteiger partial charge in [0.1, 0.15) is 0 Å². The number of fused-ring (bicyclic) bond motifs is 4. The first-order valence-electron chi connectivity index (χ1n) is 6.73. The van der Waals surface area contributed by atoms with Gasteiger partial charge in [0.15, 0.2) is 0 Å². The topological polar surface area (TPSA) is 40.5 Å². The third-order valence-electron chi connectivity index (χ3n) is 5.39. The Morgan fingerprint density at radius 2 is 1.94 bits per heavy atom. The van der Waals surface area contributed by atoms with Gasteiger partial charge in [0.25, 0.3) is 0 Å². The van der Waals surface area contributed by atoms with Gasteiger partial charge in [-0.15, -0.1) is 0 Å². The lowest BCUT2D eigenvalue weighted by atomic mass is 9.65. The molecule has 0 aromatic heterocycles. The minimum atomic E-state index is 0.247. The molecule has 2 heteroatoms. The maximum Gasteiger partial charge on any atom is 0.0436 e. The lowest BCUT2D eigenvalue weighted by Gasteiger charge is -2.40. The number of hydrogen-bond acceptors (Lipinski definition) is 2. The normalized spacial score (nSPS) is 34.9. The van der Waals surface area contributed by atoms with Gasteiger partial charge in [0.2, 0.25) is 0 Å². The van der Waals surface area contributed by atoms with Gasteiger partial charge in [-0.2, -0.15) is 0 Å². The molecule has 0 saturated heterocycles. The fraction of sp³-hybridized carbons (Fsp3) is 0.857. The summed E-state index contributed by atoms with van der Waals surface area (Å²) in [5, 5.41) is 18.6. The van der Waals surface area contributed by atoms with Crippen molar-refractivity contribution in [1.82, 2.24) is 0 Å². The van der Waals surface area contributed by atoms with Crippen molar-refractivity contribution in [3.05, 3.63) is 11.1 Å². The molecule has 2 nitrogen and oxygen atoms in total. The summed E-state index contributed by atoms with van der Waals surface area (Å²) < 4.78 is 0. The highest BCUT2D eigenvalue weighted by atomic mass is 16.3. The van der Waals surface area contributed by atoms with E-state index >= 15 is 0 Å². The highest BCUT2D eigenvalue weighted by Gasteiger charge is 2.54. The van der Waals surface area contributed by atoms with E-state index in [9.17, 15) is 10.2 Å². The molecule has 0 radical (unpaired) electrons. The minimum absolute atomic E-state index is 0.247. The predicted molar refractivity (Wildman–Crippen MR) is 62.9 cm³/mol. The van der Waals surface area contributed by atoms with Gasteiger partial charge in [0, 0.05) is 13.2 Å². The average Bonchev–Trinajstić information content (AvgIpc) is 2.87. The zero-order valence-corrected chi connectivity index (χ0v) is 9.91. The molecule has 3 aliphatic rings. The molecule has 3 aliphatic carbocycles. The molecule has 0 aromatic rings. The zero-order valence-electron chi connectivity index (χ0n) is 9.91. The fourth-order valence-electron chi connectivity index (χ4n) is 4.80. The van der Waals surface area contributed by atoms with Crippen molar-refractivity contribution in [2.45, 2.75) is 44.9 Å². The van der Waals surface area contributed by atoms with Crippen LogP contribution in [0, 0.1) is 17.3 Å². The quantitative estimate of drug-likeness (QED) is 0.716. The van der Waals surface area contributed by atoms with E-state index in [-0.39, 0.29) is 18.6 Å². The van der Waals surface area contributed by atoms with E-state index in [4.69, 9.17) is 0 Å². The van der Waals surface area contributed by atoms with E-state index in [1.165, 1.54) is 32.1 Å². The largest absolute Gasteiger partial charge is 0.396 e. The smallest absolute Gasteiger partial charge is 0.0436 e. The molecular weight excluding hydrogens is 200 g/mol. The van der Waals surface area contributed by atoms with E-state index in [2.05, 4.69) is 0 Å². The molecule has 90 valence electrons. The molecule has 2 atom stereocenters. The van der Waals surface area contributed by atoms with E-state index in [0.717, 1.165) is 24.7 Å². The van der Waals surface area contributed by atoms with Crippen molar-refractivity contribution in [3.8, 4) is 0 Å². The van der Waals surface area contributed by atoms with Crippen LogP contribution in [0.15, 0.2) is 11.1 Å². The minimum Gasteiger partial charge on any atom is -0.396 e. The maximum absolute atomic E-state index is 9.29. The van der Waals surface area contributed by atoms with Gasteiger partial charge in [-0.25, -0.2) is 0 Å². The molecule has 2 N–H and O–H groups in total. The van der Waals surface area contributed by atoms with Gasteiger partial charge in [-0.05, 0) is 62.2 Å². The van der Waals surface area contributed by atoms with Gasteiger partial charge in [0.05, 0.1) is 0 Å². The third kappa shape index (κ3) is 1.32. The molecule has 3 rings (SSSR count). The molecule has 0 heterocycles. The number of aliphatic hydroxyl groups is 2. The van der Waals surface area contributed by atoms with E-state index in [0.29, 0.717) is 0 Å². The van der Waals surface area contributed by atoms with Crippen LogP contribution in [-0.2, 0) is 0 Å². The van der Waals surface area contributed by atoms with Gasteiger partial charge in [-0.1, -0.05) is 11.1 Å². The Morgan fingerprint density at radius 3 is 2.62 bits per heavy atom. The standard InChI is InChI=1S/C14H22O2/c15-6-4-14(5-7-16)9-10-8-13(14)12-3-1-2-11(10)12/h12-13,15-16H,1-9H2. The lowest BCUT2D eigenvalue weighted by molar-refractivity contribution is 0.0703. The second-order valence-corrected chi connectivity index (χ2v) is 5.92. The number of allylic oxidation sites excluding steroid dienone is 2. The Balaban J connectivity index is 1.89. The molecular formula is C14H22O2. The summed E-state index contributed by atoms with van der Waals surface area (Å²) in [4.78, 5) is 0. The number of rotatable bonds is 4. The van der Waals surface area contributed by atoms with Crippen LogP contribution in [0.4, 0.5) is 0 Å². The number of aliphatic hydroxyl groups excluding tert-OH is 2. The van der Waals surface area contributed by atoms with E-state index in [1.54, 1.807) is 11.1 Å². The Morgan fingerprint density at radius 1 is 1.19 bits per heavy atom. The highest BCUT2D eigenvalue weighted by molar-refractivity contribution is 5.35. The van der Waals surface area contributed by atoms with Crippen LogP contribution < -0.4 is 0 Å². The summed E-state index contributed by atoms with van der Waals surface area (Å²) >= 11 is 0. The molecule has 2 saturated carbocycles. The average molecular weight is 222 g/mol. The first-order chi connectivity index (χ1) is 7.80. The van der Waals surface area contributed by atoms with Crippen molar-refractivity contribution in [1.29, 1.82) is 0 Å². The van der Waals surface area contributed by atoms with Crippen LogP contribution in [-0.4, -0.2) is 23.4 Å². The van der Waals surface area contributed by atoms with Gasteiger partial charge >= 0.3 is 0 Å². The van der Waals surface area contributed by atoms with Gasteiger partial charge in [-0.3, -0.25) is 0 Å². The summed E-state index contributed by atoms with van der Waals surface area (Å²) in [6.45, 7) is 0.567. The summed E-state index contributed by atoms with van der Waals surface area (Å²) in [5.74, 6) is 1.57. The maximum atomic E-state index is 9.29. The van der Waals surface area contributed by atoms with Crippen LogP contribution in [0.1, 0.15) is 44.9 Å². The number of hydrogen-bond donors (Lipinski definition) is 2. The third-order valence-corrected chi connectivity index (χ3v) is 5.39. The molecule has 0 amide bonds. The SMILES string of the molecule is OCCC1(CCO)CC2=C3CCCC3C1C2. The van der Waals surface area contributed by atoms with Crippen molar-refractivity contribution >= 4 is 0 Å². The van der Waals surface area contributed by atoms with Gasteiger partial charge < -0.3 is 10.2 Å². The Labute approximate surface area is 97.4 Å². The molecule has 2 unspecified atom stereocenters. The van der Waals surface area contributed by atoms with Crippen LogP contribution in [0.2, 0.25) is 0 Å². The highest BCUT2D eigenvalue weighted by Crippen LogP contribution is 2.64. The van der Waals surface area contributed by atoms with Crippen molar-refractivity contribution < 1.29 is 10.2 Å². The first-order valence-corrected chi connectivity index (χ1v) is 6.73. The molecule has 2 fully saturated rings. The summed E-state index contributed by atoms with van der Waals surface area (Å²) in [6, 6.07) is 0. The van der Waals surface area contributed by atoms with Crippen LogP contribution in [0.5, 0.6) is 0 Å². The Bertz CT molecular complexity index is 313. The first kappa shape index (κ1) is 10.8. The van der Waals surface area contributed by atoms with Crippen molar-refractivity contribution in [2.24, 2.45) is 17.3 Å². The van der Waals surface area contributed by atoms with E-state index in [1.807, 2.05) is 0 Å². The predicted octanol–water partition coefficient (Wildman–Crippen LogP) is 2.26. The van der Waals surface area contributed by atoms with E-state index < -0.39 is 0 Å². The summed E-state index contributed by atoms with van der Waals surface area (Å²) in [5.41, 5.74) is 3.73. The molecule has 16 heavy (non-hydrogen) atoms. The molecule has 0 aliphatic heterocycles. The zero-order chi connectivity index (χ0) is 11.2. The fourth-order valence-corrected chi connectivity index (χ4v) is 4.80. The molecule has 2 bridgehead atoms. The van der Waals surface area contributed by atoms with Crippen molar-refractivity contribution in [2.75, 3.05) is 13.2 Å². The van der Waals surface area contributed by atoms with Crippen LogP contribution in [0.25, 0.3) is 0 Å². The van der Waals surface area contributed by atoms with Crippen LogP contribution >= 0.6 is 0 Å². The second-order valence-electron chi connectivity index (χ2n) is 5.92. The lowest BCUT2D eigenvalue weighted by Crippen LogP contribution is -2.33. The Hall–Kier alpha value is -0.340. The molecule has 0 aromatic carbocycles. The monoisotopic (exact) mass is 222 g/mol. The van der Waals surface area contributed by atoms with Crippen LogP contribution in [0.3, 0.4) is 0 Å².